The number of benzene rings is 1. The minimum atomic E-state index is -3.00. The maximum atomic E-state index is 13.0. The fourth-order valence-corrected chi connectivity index (χ4v) is 5.17. The Morgan fingerprint density at radius 3 is 2.48 bits per heavy atom. The van der Waals surface area contributed by atoms with Crippen molar-refractivity contribution >= 4 is 27.2 Å². The molecule has 0 N–H and O–H groups in total. The van der Waals surface area contributed by atoms with Crippen LogP contribution in [0.4, 0.5) is 11.5 Å². The van der Waals surface area contributed by atoms with Gasteiger partial charge in [-0.1, -0.05) is 18.2 Å². The van der Waals surface area contributed by atoms with Crippen molar-refractivity contribution in [1.29, 1.82) is 0 Å². The summed E-state index contributed by atoms with van der Waals surface area (Å²) < 4.78 is 23.7. The Kier molecular flexibility index (Phi) is 5.74. The first-order chi connectivity index (χ1) is 12.9. The van der Waals surface area contributed by atoms with Crippen molar-refractivity contribution in [1.82, 2.24) is 9.97 Å². The van der Waals surface area contributed by atoms with Gasteiger partial charge in [-0.15, -0.1) is 0 Å². The summed E-state index contributed by atoms with van der Waals surface area (Å²) in [5.74, 6) is 0.700. The number of sulfone groups is 1. The molecular formula is C19H24N4O3S. The minimum Gasteiger partial charge on any atom is -0.353 e. The third kappa shape index (κ3) is 4.27. The van der Waals surface area contributed by atoms with E-state index in [1.807, 2.05) is 49.1 Å². The number of amides is 1. The lowest BCUT2D eigenvalue weighted by Gasteiger charge is -2.28. The van der Waals surface area contributed by atoms with Crippen LogP contribution in [0.5, 0.6) is 0 Å². The average Bonchev–Trinajstić information content (AvgIpc) is 3.03. The van der Waals surface area contributed by atoms with Gasteiger partial charge in [0.15, 0.2) is 9.84 Å². The normalized spacial score (nSPS) is 18.2. The number of hydrogen-bond acceptors (Lipinski definition) is 6. The van der Waals surface area contributed by atoms with Gasteiger partial charge >= 0.3 is 0 Å². The summed E-state index contributed by atoms with van der Waals surface area (Å²) in [6, 6.07) is 11.0. The second kappa shape index (κ2) is 8.04. The van der Waals surface area contributed by atoms with Crippen LogP contribution in [0.2, 0.25) is 0 Å². The van der Waals surface area contributed by atoms with Crippen LogP contribution < -0.4 is 9.80 Å². The lowest BCUT2D eigenvalue weighted by atomic mass is 10.2. The van der Waals surface area contributed by atoms with E-state index in [2.05, 4.69) is 9.97 Å². The van der Waals surface area contributed by atoms with Crippen molar-refractivity contribution in [3.63, 3.8) is 0 Å². The zero-order valence-corrected chi connectivity index (χ0v) is 16.4. The lowest BCUT2D eigenvalue weighted by Crippen LogP contribution is -2.37. The molecular weight excluding hydrogens is 364 g/mol. The molecule has 8 heteroatoms. The number of anilines is 2. The molecule has 1 unspecified atom stereocenters. The molecule has 7 nitrogen and oxygen atoms in total. The second-order valence-corrected chi connectivity index (χ2v) is 8.72. The van der Waals surface area contributed by atoms with Crippen LogP contribution in [-0.4, -0.2) is 54.9 Å². The van der Waals surface area contributed by atoms with E-state index in [0.29, 0.717) is 31.0 Å². The number of carbonyl (C=O) groups is 1. The Labute approximate surface area is 160 Å². The molecule has 1 atom stereocenters. The zero-order valence-electron chi connectivity index (χ0n) is 15.6. The van der Waals surface area contributed by atoms with E-state index in [4.69, 9.17) is 0 Å². The first kappa shape index (κ1) is 19.3. The summed E-state index contributed by atoms with van der Waals surface area (Å²) in [7, 11) is -3.00. The first-order valence-corrected chi connectivity index (χ1v) is 10.9. The third-order valence-corrected chi connectivity index (χ3v) is 6.54. The summed E-state index contributed by atoms with van der Waals surface area (Å²) in [5.41, 5.74) is 1.10. The van der Waals surface area contributed by atoms with E-state index in [-0.39, 0.29) is 23.5 Å². The fourth-order valence-electron chi connectivity index (χ4n) is 3.44. The maximum absolute atomic E-state index is 13.0. The molecule has 1 aliphatic rings. The highest BCUT2D eigenvalue weighted by Gasteiger charge is 2.32. The fraction of sp³-hybridized carbons (Fsp3) is 0.421. The number of hydrogen-bond donors (Lipinski definition) is 0. The highest BCUT2D eigenvalue weighted by Crippen LogP contribution is 2.24. The van der Waals surface area contributed by atoms with E-state index in [0.717, 1.165) is 5.69 Å². The highest BCUT2D eigenvalue weighted by atomic mass is 32.2. The quantitative estimate of drug-likeness (QED) is 0.754. The van der Waals surface area contributed by atoms with Gasteiger partial charge in [0.2, 0.25) is 0 Å². The SMILES string of the molecule is CCN(C(=O)c1cc(N(CC)C2CCS(=O)(=O)C2)ncn1)c1ccccc1. The van der Waals surface area contributed by atoms with Crippen molar-refractivity contribution in [3.8, 4) is 0 Å². The standard InChI is InChI=1S/C19H24N4O3S/c1-3-22(16-10-11-27(25,26)13-16)18-12-17(20-14-21-18)19(24)23(4-2)15-8-6-5-7-9-15/h5-9,12,14,16H,3-4,10-11,13H2,1-2H3. The molecule has 1 aromatic heterocycles. The van der Waals surface area contributed by atoms with E-state index in [1.165, 1.54) is 6.33 Å². The molecule has 144 valence electrons. The predicted molar refractivity (Wildman–Crippen MR) is 106 cm³/mol. The molecule has 2 heterocycles. The molecule has 0 radical (unpaired) electrons. The minimum absolute atomic E-state index is 0.116. The van der Waals surface area contributed by atoms with Gasteiger partial charge in [0.1, 0.15) is 17.8 Å². The van der Waals surface area contributed by atoms with Crippen LogP contribution >= 0.6 is 0 Å². The molecule has 3 rings (SSSR count). The molecule has 0 bridgehead atoms. The van der Waals surface area contributed by atoms with E-state index in [9.17, 15) is 13.2 Å². The summed E-state index contributed by atoms with van der Waals surface area (Å²) >= 11 is 0. The van der Waals surface area contributed by atoms with Crippen molar-refractivity contribution in [2.75, 3.05) is 34.4 Å². The number of rotatable bonds is 6. The Hall–Kier alpha value is -2.48. The van der Waals surface area contributed by atoms with Crippen LogP contribution in [0.3, 0.4) is 0 Å². The van der Waals surface area contributed by atoms with Gasteiger partial charge in [-0.3, -0.25) is 4.79 Å². The largest absolute Gasteiger partial charge is 0.353 e. The molecule has 0 saturated carbocycles. The van der Waals surface area contributed by atoms with Gasteiger partial charge in [-0.2, -0.15) is 0 Å². The second-order valence-electron chi connectivity index (χ2n) is 6.49. The Morgan fingerprint density at radius 2 is 1.89 bits per heavy atom. The van der Waals surface area contributed by atoms with E-state index >= 15 is 0 Å². The molecule has 1 amide bonds. The molecule has 27 heavy (non-hydrogen) atoms. The molecule has 2 aromatic rings. The predicted octanol–water partition coefficient (Wildman–Crippen LogP) is 2.16. The number of para-hydroxylation sites is 1. The van der Waals surface area contributed by atoms with Crippen LogP contribution in [0.1, 0.15) is 30.8 Å². The van der Waals surface area contributed by atoms with Gasteiger partial charge in [-0.25, -0.2) is 18.4 Å². The zero-order chi connectivity index (χ0) is 19.4. The van der Waals surface area contributed by atoms with Gasteiger partial charge in [0, 0.05) is 30.9 Å². The molecule has 1 aliphatic heterocycles. The lowest BCUT2D eigenvalue weighted by molar-refractivity contribution is 0.0983. The topological polar surface area (TPSA) is 83.5 Å². The number of aromatic nitrogens is 2. The van der Waals surface area contributed by atoms with Crippen LogP contribution in [0.25, 0.3) is 0 Å². The van der Waals surface area contributed by atoms with Crippen molar-refractivity contribution in [2.24, 2.45) is 0 Å². The number of nitrogens with zero attached hydrogens (tertiary/aromatic N) is 4. The Morgan fingerprint density at radius 1 is 1.15 bits per heavy atom. The Bertz CT molecular complexity index is 902. The van der Waals surface area contributed by atoms with E-state index in [1.54, 1.807) is 11.0 Å². The van der Waals surface area contributed by atoms with Gasteiger partial charge in [-0.05, 0) is 32.4 Å². The summed E-state index contributed by atoms with van der Waals surface area (Å²) in [4.78, 5) is 25.0. The van der Waals surface area contributed by atoms with E-state index < -0.39 is 9.84 Å². The highest BCUT2D eigenvalue weighted by molar-refractivity contribution is 7.91. The third-order valence-electron chi connectivity index (χ3n) is 4.79. The van der Waals surface area contributed by atoms with Crippen molar-refractivity contribution in [3.05, 3.63) is 48.4 Å². The first-order valence-electron chi connectivity index (χ1n) is 9.11. The number of carbonyl (C=O) groups excluding carboxylic acids is 1. The smallest absolute Gasteiger partial charge is 0.277 e. The molecule has 0 spiro atoms. The van der Waals surface area contributed by atoms with Crippen molar-refractivity contribution in [2.45, 2.75) is 26.3 Å². The molecule has 0 aliphatic carbocycles. The summed E-state index contributed by atoms with van der Waals surface area (Å²) in [5, 5.41) is 0. The summed E-state index contributed by atoms with van der Waals surface area (Å²) in [6.45, 7) is 4.99. The average molecular weight is 388 g/mol. The molecule has 1 fully saturated rings. The van der Waals surface area contributed by atoms with Crippen LogP contribution in [0.15, 0.2) is 42.7 Å². The van der Waals surface area contributed by atoms with Crippen LogP contribution in [0, 0.1) is 0 Å². The van der Waals surface area contributed by atoms with Gasteiger partial charge in [0.05, 0.1) is 11.5 Å². The van der Waals surface area contributed by atoms with Crippen LogP contribution in [-0.2, 0) is 9.84 Å². The molecule has 1 aromatic carbocycles. The van der Waals surface area contributed by atoms with Crippen molar-refractivity contribution < 1.29 is 13.2 Å². The monoisotopic (exact) mass is 388 g/mol. The Balaban J connectivity index is 1.87. The van der Waals surface area contributed by atoms with Gasteiger partial charge < -0.3 is 9.80 Å². The molecule has 1 saturated heterocycles. The summed E-state index contributed by atoms with van der Waals surface area (Å²) in [6.07, 6.45) is 1.95. The van der Waals surface area contributed by atoms with Gasteiger partial charge in [0.25, 0.3) is 5.91 Å². The maximum Gasteiger partial charge on any atom is 0.277 e.